The van der Waals surface area contributed by atoms with Gasteiger partial charge in [0.15, 0.2) is 0 Å². The number of nitrogens with one attached hydrogen (secondary N) is 1. The summed E-state index contributed by atoms with van der Waals surface area (Å²) in [7, 11) is 2.06. The monoisotopic (exact) mass is 395 g/mol. The molecule has 0 unspecified atom stereocenters. The quantitative estimate of drug-likeness (QED) is 0.832. The molecule has 0 radical (unpaired) electrons. The zero-order valence-corrected chi connectivity index (χ0v) is 16.2. The third-order valence-electron chi connectivity index (χ3n) is 4.21. The third-order valence-corrected chi connectivity index (χ3v) is 4.71. The maximum atomic E-state index is 12.9. The van der Waals surface area contributed by atoms with Crippen molar-refractivity contribution in [1.82, 2.24) is 15.1 Å². The standard InChI is InChI=1S/C18H26BrN3O2/c1-13(2)11-16(18(24)22-9-7-21(3)8-10-22)20-17(23)14-5-4-6-15(19)12-14/h4-6,12-13,16H,7-11H2,1-3H3,(H,20,23)/t16-/m1/s1. The molecule has 24 heavy (non-hydrogen) atoms. The highest BCUT2D eigenvalue weighted by Crippen LogP contribution is 2.14. The van der Waals surface area contributed by atoms with Crippen molar-refractivity contribution in [3.05, 3.63) is 34.3 Å². The first kappa shape index (κ1) is 18.9. The molecule has 2 amide bonds. The Kier molecular flexibility index (Phi) is 6.80. The minimum Gasteiger partial charge on any atom is -0.340 e. The van der Waals surface area contributed by atoms with Gasteiger partial charge in [0.1, 0.15) is 6.04 Å². The van der Waals surface area contributed by atoms with Gasteiger partial charge in [-0.15, -0.1) is 0 Å². The number of likely N-dealkylation sites (N-methyl/N-ethyl adjacent to an activating group) is 1. The molecule has 1 aliphatic rings. The van der Waals surface area contributed by atoms with E-state index in [1.54, 1.807) is 12.1 Å². The van der Waals surface area contributed by atoms with E-state index >= 15 is 0 Å². The van der Waals surface area contributed by atoms with Crippen molar-refractivity contribution in [3.8, 4) is 0 Å². The molecule has 1 fully saturated rings. The zero-order chi connectivity index (χ0) is 17.7. The first-order valence-corrected chi connectivity index (χ1v) is 9.20. The second-order valence-corrected chi connectivity index (χ2v) is 7.71. The van der Waals surface area contributed by atoms with Crippen LogP contribution in [0.5, 0.6) is 0 Å². The Bertz CT molecular complexity index is 583. The zero-order valence-electron chi connectivity index (χ0n) is 14.6. The van der Waals surface area contributed by atoms with Crippen LogP contribution in [0.3, 0.4) is 0 Å². The van der Waals surface area contributed by atoms with E-state index in [4.69, 9.17) is 0 Å². The number of benzene rings is 1. The molecule has 1 heterocycles. The molecule has 0 aromatic heterocycles. The van der Waals surface area contributed by atoms with E-state index in [1.165, 1.54) is 0 Å². The largest absolute Gasteiger partial charge is 0.340 e. The molecule has 5 nitrogen and oxygen atoms in total. The molecule has 1 saturated heterocycles. The van der Waals surface area contributed by atoms with Crippen LogP contribution in [0.4, 0.5) is 0 Å². The fourth-order valence-corrected chi connectivity index (χ4v) is 3.21. The summed E-state index contributed by atoms with van der Waals surface area (Å²) < 4.78 is 0.848. The smallest absolute Gasteiger partial charge is 0.251 e. The Labute approximate surface area is 152 Å². The molecular formula is C18H26BrN3O2. The number of piperazine rings is 1. The summed E-state index contributed by atoms with van der Waals surface area (Å²) in [4.78, 5) is 29.5. The van der Waals surface area contributed by atoms with E-state index in [0.717, 1.165) is 30.7 Å². The van der Waals surface area contributed by atoms with Gasteiger partial charge in [-0.25, -0.2) is 0 Å². The third kappa shape index (κ3) is 5.31. The van der Waals surface area contributed by atoms with Crippen molar-refractivity contribution in [1.29, 1.82) is 0 Å². The van der Waals surface area contributed by atoms with Crippen molar-refractivity contribution >= 4 is 27.7 Å². The summed E-state index contributed by atoms with van der Waals surface area (Å²) in [6.07, 6.45) is 0.644. The molecule has 0 bridgehead atoms. The predicted molar refractivity (Wildman–Crippen MR) is 98.9 cm³/mol. The maximum Gasteiger partial charge on any atom is 0.251 e. The molecule has 6 heteroatoms. The number of rotatable bonds is 5. The summed E-state index contributed by atoms with van der Waals surface area (Å²) in [5, 5.41) is 2.94. The van der Waals surface area contributed by atoms with Crippen LogP contribution in [-0.4, -0.2) is 60.9 Å². The van der Waals surface area contributed by atoms with Crippen LogP contribution in [0, 0.1) is 5.92 Å². The number of amides is 2. The molecule has 2 rings (SSSR count). The van der Waals surface area contributed by atoms with Gasteiger partial charge >= 0.3 is 0 Å². The molecular weight excluding hydrogens is 370 g/mol. The van der Waals surface area contributed by atoms with E-state index < -0.39 is 6.04 Å². The summed E-state index contributed by atoms with van der Waals surface area (Å²) in [5.74, 6) is 0.152. The van der Waals surface area contributed by atoms with Gasteiger partial charge in [0.05, 0.1) is 0 Å². The van der Waals surface area contributed by atoms with Crippen molar-refractivity contribution in [2.75, 3.05) is 33.2 Å². The van der Waals surface area contributed by atoms with Crippen molar-refractivity contribution < 1.29 is 9.59 Å². The van der Waals surface area contributed by atoms with E-state index in [-0.39, 0.29) is 11.8 Å². The van der Waals surface area contributed by atoms with Crippen molar-refractivity contribution in [2.24, 2.45) is 5.92 Å². The van der Waals surface area contributed by atoms with Gasteiger partial charge in [-0.05, 0) is 37.6 Å². The Morgan fingerprint density at radius 3 is 2.46 bits per heavy atom. The lowest BCUT2D eigenvalue weighted by molar-refractivity contribution is -0.135. The number of carbonyl (C=O) groups excluding carboxylic acids is 2. The molecule has 132 valence electrons. The first-order chi connectivity index (χ1) is 11.4. The molecule has 1 atom stereocenters. The Hall–Kier alpha value is -1.40. The van der Waals surface area contributed by atoms with Crippen LogP contribution in [0.15, 0.2) is 28.7 Å². The van der Waals surface area contributed by atoms with Crippen molar-refractivity contribution in [3.63, 3.8) is 0 Å². The fourth-order valence-electron chi connectivity index (χ4n) is 2.81. The van der Waals surface area contributed by atoms with Gasteiger partial charge in [-0.2, -0.15) is 0 Å². The predicted octanol–water partition coefficient (Wildman–Crippen LogP) is 2.37. The van der Waals surface area contributed by atoms with Gasteiger partial charge in [0, 0.05) is 36.2 Å². The molecule has 0 aliphatic carbocycles. The lowest BCUT2D eigenvalue weighted by atomic mass is 10.0. The summed E-state index contributed by atoms with van der Waals surface area (Å²) >= 11 is 3.37. The summed E-state index contributed by atoms with van der Waals surface area (Å²) in [6, 6.07) is 6.74. The van der Waals surface area contributed by atoms with Gasteiger partial charge in [0.25, 0.3) is 5.91 Å². The van der Waals surface area contributed by atoms with E-state index in [0.29, 0.717) is 17.9 Å². The van der Waals surface area contributed by atoms with Crippen molar-refractivity contribution in [2.45, 2.75) is 26.3 Å². The second kappa shape index (κ2) is 8.62. The van der Waals surface area contributed by atoms with Crippen LogP contribution in [0.25, 0.3) is 0 Å². The lowest BCUT2D eigenvalue weighted by Gasteiger charge is -2.35. The van der Waals surface area contributed by atoms with Gasteiger partial charge in [-0.3, -0.25) is 9.59 Å². The molecule has 0 spiro atoms. The SMILES string of the molecule is CC(C)C[C@@H](NC(=O)c1cccc(Br)c1)C(=O)N1CCN(C)CC1. The molecule has 0 saturated carbocycles. The van der Waals surface area contributed by atoms with E-state index in [1.807, 2.05) is 17.0 Å². The summed E-state index contributed by atoms with van der Waals surface area (Å²) in [5.41, 5.74) is 0.560. The Morgan fingerprint density at radius 2 is 1.88 bits per heavy atom. The minimum atomic E-state index is -0.472. The highest BCUT2D eigenvalue weighted by molar-refractivity contribution is 9.10. The molecule has 1 aromatic carbocycles. The number of hydrogen-bond acceptors (Lipinski definition) is 3. The number of hydrogen-bond donors (Lipinski definition) is 1. The van der Waals surface area contributed by atoms with Gasteiger partial charge in [0.2, 0.25) is 5.91 Å². The molecule has 1 aromatic rings. The number of nitrogens with zero attached hydrogens (tertiary/aromatic N) is 2. The fraction of sp³-hybridized carbons (Fsp3) is 0.556. The molecule has 1 aliphatic heterocycles. The average molecular weight is 396 g/mol. The topological polar surface area (TPSA) is 52.7 Å². The van der Waals surface area contributed by atoms with Crippen LogP contribution in [0.2, 0.25) is 0 Å². The lowest BCUT2D eigenvalue weighted by Crippen LogP contribution is -2.54. The van der Waals surface area contributed by atoms with Crippen LogP contribution < -0.4 is 5.32 Å². The normalized spacial score (nSPS) is 17.0. The maximum absolute atomic E-state index is 12.9. The van der Waals surface area contributed by atoms with Gasteiger partial charge in [-0.1, -0.05) is 35.8 Å². The van der Waals surface area contributed by atoms with Crippen LogP contribution in [0.1, 0.15) is 30.6 Å². The Balaban J connectivity index is 2.07. The van der Waals surface area contributed by atoms with E-state index in [9.17, 15) is 9.59 Å². The van der Waals surface area contributed by atoms with Crippen LogP contribution in [-0.2, 0) is 4.79 Å². The molecule has 1 N–H and O–H groups in total. The first-order valence-electron chi connectivity index (χ1n) is 8.40. The highest BCUT2D eigenvalue weighted by atomic mass is 79.9. The van der Waals surface area contributed by atoms with Crippen LogP contribution >= 0.6 is 15.9 Å². The minimum absolute atomic E-state index is 0.0279. The Morgan fingerprint density at radius 1 is 1.21 bits per heavy atom. The average Bonchev–Trinajstić information content (AvgIpc) is 2.54. The van der Waals surface area contributed by atoms with E-state index in [2.05, 4.69) is 47.0 Å². The summed E-state index contributed by atoms with van der Waals surface area (Å²) in [6.45, 7) is 7.32. The second-order valence-electron chi connectivity index (χ2n) is 6.79. The van der Waals surface area contributed by atoms with Gasteiger partial charge < -0.3 is 15.1 Å². The number of carbonyl (C=O) groups is 2. The number of halogens is 1. The highest BCUT2D eigenvalue weighted by Gasteiger charge is 2.28.